The van der Waals surface area contributed by atoms with E-state index in [1.165, 1.54) is 0 Å². The molecule has 4 rings (SSSR count). The molecule has 0 spiro atoms. The van der Waals surface area contributed by atoms with Crippen molar-refractivity contribution < 1.29 is 9.32 Å². The van der Waals surface area contributed by atoms with Crippen molar-refractivity contribution in [2.24, 2.45) is 5.92 Å². The van der Waals surface area contributed by atoms with Gasteiger partial charge in [-0.05, 0) is 41.7 Å². The summed E-state index contributed by atoms with van der Waals surface area (Å²) in [5, 5.41) is 10.1. The Kier molecular flexibility index (Phi) is 4.94. The lowest BCUT2D eigenvalue weighted by atomic mass is 9.94. The Hall–Kier alpha value is -1.99. The van der Waals surface area contributed by atoms with E-state index < -0.39 is 0 Å². The molecule has 0 radical (unpaired) electrons. The van der Waals surface area contributed by atoms with Crippen molar-refractivity contribution in [1.29, 1.82) is 0 Å². The van der Waals surface area contributed by atoms with Crippen LogP contribution in [0.25, 0.3) is 11.4 Å². The van der Waals surface area contributed by atoms with Gasteiger partial charge in [-0.1, -0.05) is 11.2 Å². The van der Waals surface area contributed by atoms with Crippen LogP contribution in [0, 0.1) is 5.92 Å². The molecule has 130 valence electrons. The third-order valence-corrected chi connectivity index (χ3v) is 6.05. The predicted octanol–water partition coefficient (Wildman–Crippen LogP) is 3.88. The summed E-state index contributed by atoms with van der Waals surface area (Å²) >= 11 is 3.26. The second-order valence-corrected chi connectivity index (χ2v) is 8.14. The summed E-state index contributed by atoms with van der Waals surface area (Å²) in [5.41, 5.74) is 0.997. The summed E-state index contributed by atoms with van der Waals surface area (Å²) in [4.78, 5) is 20.1. The van der Waals surface area contributed by atoms with Crippen LogP contribution >= 0.6 is 22.7 Å². The van der Waals surface area contributed by atoms with Crippen molar-refractivity contribution in [3.63, 3.8) is 0 Å². The van der Waals surface area contributed by atoms with Crippen LogP contribution in [0.4, 0.5) is 0 Å². The Balaban J connectivity index is 1.36. The van der Waals surface area contributed by atoms with Crippen LogP contribution in [-0.2, 0) is 17.6 Å². The van der Waals surface area contributed by atoms with Gasteiger partial charge in [-0.3, -0.25) is 4.79 Å². The first kappa shape index (κ1) is 16.5. The van der Waals surface area contributed by atoms with Gasteiger partial charge in [0.2, 0.25) is 17.6 Å². The zero-order valence-electron chi connectivity index (χ0n) is 13.8. The van der Waals surface area contributed by atoms with Crippen LogP contribution in [0.15, 0.2) is 38.9 Å². The number of rotatable bonds is 5. The van der Waals surface area contributed by atoms with Crippen LogP contribution in [0.3, 0.4) is 0 Å². The van der Waals surface area contributed by atoms with E-state index in [0.717, 1.165) is 42.8 Å². The molecule has 1 aliphatic rings. The Morgan fingerprint density at radius 3 is 3.12 bits per heavy atom. The van der Waals surface area contributed by atoms with Gasteiger partial charge in [-0.25, -0.2) is 0 Å². The van der Waals surface area contributed by atoms with E-state index >= 15 is 0 Å². The second-order valence-electron chi connectivity index (χ2n) is 6.33. The van der Waals surface area contributed by atoms with Gasteiger partial charge in [-0.15, -0.1) is 11.3 Å². The number of piperidine rings is 1. The maximum absolute atomic E-state index is 12.5. The van der Waals surface area contributed by atoms with Crippen molar-refractivity contribution in [3.05, 3.63) is 45.1 Å². The fraction of sp³-hybridized carbons (Fsp3) is 0.389. The summed E-state index contributed by atoms with van der Waals surface area (Å²) in [6.45, 7) is 1.63. The smallest absolute Gasteiger partial charge is 0.227 e. The number of amides is 1. The molecule has 0 aliphatic carbocycles. The summed E-state index contributed by atoms with van der Waals surface area (Å²) in [5.74, 6) is 1.92. The molecular weight excluding hydrogens is 354 g/mol. The van der Waals surface area contributed by atoms with Crippen LogP contribution < -0.4 is 0 Å². The molecule has 1 aliphatic heterocycles. The van der Waals surface area contributed by atoms with E-state index in [9.17, 15) is 4.79 Å². The van der Waals surface area contributed by atoms with Gasteiger partial charge in [0, 0.05) is 35.3 Å². The van der Waals surface area contributed by atoms with Crippen molar-refractivity contribution in [2.45, 2.75) is 25.7 Å². The van der Waals surface area contributed by atoms with E-state index in [4.69, 9.17) is 4.52 Å². The third-order valence-electron chi connectivity index (χ3n) is 4.49. The molecule has 0 aromatic carbocycles. The molecule has 1 saturated heterocycles. The van der Waals surface area contributed by atoms with Crippen LogP contribution in [0.2, 0.25) is 0 Å². The minimum atomic E-state index is 0.219. The Labute approximate surface area is 154 Å². The predicted molar refractivity (Wildman–Crippen MR) is 98.6 cm³/mol. The van der Waals surface area contributed by atoms with E-state index in [1.54, 1.807) is 22.7 Å². The standard InChI is InChI=1S/C18H19N3O2S2/c22-17(10-15-4-2-7-25-15)21-6-1-3-13(11-21)9-16-19-18(20-23-16)14-5-8-24-12-14/h2,4-5,7-8,12-13H,1,3,6,9-11H2/t13-/m1/s1. The Bertz CT molecular complexity index is 811. The van der Waals surface area contributed by atoms with Gasteiger partial charge in [0.05, 0.1) is 6.42 Å². The number of carbonyl (C=O) groups excluding carboxylic acids is 1. The number of hydrogen-bond donors (Lipinski definition) is 0. The normalized spacial score (nSPS) is 17.8. The minimum absolute atomic E-state index is 0.219. The van der Waals surface area contributed by atoms with Crippen LogP contribution in [-0.4, -0.2) is 34.0 Å². The molecule has 25 heavy (non-hydrogen) atoms. The number of thiophene rings is 2. The van der Waals surface area contributed by atoms with Crippen LogP contribution in [0.1, 0.15) is 23.6 Å². The van der Waals surface area contributed by atoms with Crippen molar-refractivity contribution in [2.75, 3.05) is 13.1 Å². The molecule has 0 unspecified atom stereocenters. The first-order valence-electron chi connectivity index (χ1n) is 8.43. The lowest BCUT2D eigenvalue weighted by Crippen LogP contribution is -2.41. The Morgan fingerprint density at radius 1 is 1.36 bits per heavy atom. The first-order valence-corrected chi connectivity index (χ1v) is 10.3. The highest BCUT2D eigenvalue weighted by atomic mass is 32.1. The molecule has 1 fully saturated rings. The molecule has 0 bridgehead atoms. The highest BCUT2D eigenvalue weighted by Gasteiger charge is 2.25. The van der Waals surface area contributed by atoms with Gasteiger partial charge in [0.25, 0.3) is 0 Å². The largest absolute Gasteiger partial charge is 0.342 e. The van der Waals surface area contributed by atoms with Gasteiger partial charge in [-0.2, -0.15) is 16.3 Å². The first-order chi connectivity index (χ1) is 12.3. The number of hydrogen-bond acceptors (Lipinski definition) is 6. The summed E-state index contributed by atoms with van der Waals surface area (Å²) in [7, 11) is 0. The third kappa shape index (κ3) is 3.99. The fourth-order valence-electron chi connectivity index (χ4n) is 3.23. The van der Waals surface area contributed by atoms with Crippen molar-refractivity contribution in [3.8, 4) is 11.4 Å². The average Bonchev–Trinajstić information content (AvgIpc) is 3.37. The molecular formula is C18H19N3O2S2. The van der Waals surface area contributed by atoms with Gasteiger partial charge >= 0.3 is 0 Å². The zero-order chi connectivity index (χ0) is 17.1. The average molecular weight is 374 g/mol. The second kappa shape index (κ2) is 7.49. The molecule has 3 aromatic heterocycles. The van der Waals surface area contributed by atoms with E-state index in [1.807, 2.05) is 39.2 Å². The number of nitrogens with zero attached hydrogens (tertiary/aromatic N) is 3. The SMILES string of the molecule is O=C(Cc1cccs1)N1CCC[C@H](Cc2nc(-c3ccsc3)no2)C1. The molecule has 1 atom stereocenters. The maximum atomic E-state index is 12.5. The van der Waals surface area contributed by atoms with Gasteiger partial charge in [0.1, 0.15) is 0 Å². The Morgan fingerprint density at radius 2 is 2.32 bits per heavy atom. The highest BCUT2D eigenvalue weighted by molar-refractivity contribution is 7.10. The van der Waals surface area contributed by atoms with Gasteiger partial charge in [0.15, 0.2) is 0 Å². The molecule has 0 saturated carbocycles. The fourth-order valence-corrected chi connectivity index (χ4v) is 4.56. The van der Waals surface area contributed by atoms with Crippen molar-refractivity contribution >= 4 is 28.6 Å². The molecule has 7 heteroatoms. The van der Waals surface area contributed by atoms with Crippen molar-refractivity contribution in [1.82, 2.24) is 15.0 Å². The topological polar surface area (TPSA) is 59.2 Å². The van der Waals surface area contributed by atoms with E-state index in [-0.39, 0.29) is 5.91 Å². The zero-order valence-corrected chi connectivity index (χ0v) is 15.4. The number of carbonyl (C=O) groups is 1. The maximum Gasteiger partial charge on any atom is 0.227 e. The number of likely N-dealkylation sites (tertiary alicyclic amines) is 1. The highest BCUT2D eigenvalue weighted by Crippen LogP contribution is 2.24. The summed E-state index contributed by atoms with van der Waals surface area (Å²) in [6.07, 6.45) is 3.37. The lowest BCUT2D eigenvalue weighted by Gasteiger charge is -2.32. The minimum Gasteiger partial charge on any atom is -0.342 e. The molecule has 0 N–H and O–H groups in total. The number of aromatic nitrogens is 2. The summed E-state index contributed by atoms with van der Waals surface area (Å²) < 4.78 is 5.41. The van der Waals surface area contributed by atoms with E-state index in [0.29, 0.717) is 24.1 Å². The summed E-state index contributed by atoms with van der Waals surface area (Å²) in [6, 6.07) is 6.01. The van der Waals surface area contributed by atoms with Gasteiger partial charge < -0.3 is 9.42 Å². The van der Waals surface area contributed by atoms with Crippen LogP contribution in [0.5, 0.6) is 0 Å². The molecule has 3 aromatic rings. The molecule has 5 nitrogen and oxygen atoms in total. The molecule has 1 amide bonds. The monoisotopic (exact) mass is 373 g/mol. The molecule has 4 heterocycles. The van der Waals surface area contributed by atoms with E-state index in [2.05, 4.69) is 10.1 Å². The quantitative estimate of drug-likeness (QED) is 0.681. The lowest BCUT2D eigenvalue weighted by molar-refractivity contribution is -0.132.